The fourth-order valence-corrected chi connectivity index (χ4v) is 2.29. The first-order valence-electron chi connectivity index (χ1n) is 6.08. The van der Waals surface area contributed by atoms with E-state index in [9.17, 15) is 0 Å². The molecule has 0 aromatic heterocycles. The van der Waals surface area contributed by atoms with Crippen LogP contribution in [0.15, 0.2) is 0 Å². The molecule has 0 bridgehead atoms. The molecule has 0 aromatic carbocycles. The average molecular weight is 198 g/mol. The Bertz CT molecular complexity index is 158. The molecule has 3 atom stereocenters. The second kappa shape index (κ2) is 5.72. The normalized spacial score (nSPS) is 34.7. The quantitative estimate of drug-likeness (QED) is 0.696. The van der Waals surface area contributed by atoms with E-state index in [-0.39, 0.29) is 0 Å². The molecule has 1 N–H and O–H groups in total. The Balaban J connectivity index is 2.29. The third-order valence-electron chi connectivity index (χ3n) is 3.55. The second-order valence-corrected chi connectivity index (χ2v) is 4.92. The van der Waals surface area contributed by atoms with Gasteiger partial charge in [0.05, 0.1) is 0 Å². The van der Waals surface area contributed by atoms with E-state index in [0.717, 1.165) is 18.0 Å². The van der Waals surface area contributed by atoms with Crippen LogP contribution in [0.4, 0.5) is 0 Å². The van der Waals surface area contributed by atoms with Gasteiger partial charge in [0.1, 0.15) is 0 Å². The summed E-state index contributed by atoms with van der Waals surface area (Å²) in [4.78, 5) is 2.47. The van der Waals surface area contributed by atoms with E-state index in [1.165, 1.54) is 32.4 Å². The first kappa shape index (κ1) is 12.0. The van der Waals surface area contributed by atoms with Crippen LogP contribution in [-0.4, -0.2) is 37.1 Å². The number of nitrogens with one attached hydrogen (secondary N) is 1. The lowest BCUT2D eigenvalue weighted by molar-refractivity contribution is 0.122. The van der Waals surface area contributed by atoms with Crippen LogP contribution in [0, 0.1) is 5.92 Å². The molecule has 84 valence electrons. The molecule has 0 aliphatic carbocycles. The van der Waals surface area contributed by atoms with Gasteiger partial charge in [0.2, 0.25) is 0 Å². The third-order valence-corrected chi connectivity index (χ3v) is 3.55. The molecule has 0 spiro atoms. The van der Waals surface area contributed by atoms with E-state index in [2.05, 4.69) is 38.0 Å². The number of hydrogen-bond acceptors (Lipinski definition) is 2. The van der Waals surface area contributed by atoms with Crippen LogP contribution >= 0.6 is 0 Å². The zero-order chi connectivity index (χ0) is 10.6. The van der Waals surface area contributed by atoms with Crippen LogP contribution in [-0.2, 0) is 0 Å². The van der Waals surface area contributed by atoms with E-state index in [4.69, 9.17) is 0 Å². The summed E-state index contributed by atoms with van der Waals surface area (Å²) in [6.07, 6.45) is 3.92. The summed E-state index contributed by atoms with van der Waals surface area (Å²) in [7, 11) is 2.24. The Labute approximate surface area is 89.1 Å². The van der Waals surface area contributed by atoms with Gasteiger partial charge in [0.25, 0.3) is 0 Å². The molecule has 0 amide bonds. The van der Waals surface area contributed by atoms with Crippen LogP contribution in [0.3, 0.4) is 0 Å². The molecule has 1 fully saturated rings. The Hall–Kier alpha value is -0.0800. The molecular weight excluding hydrogens is 172 g/mol. The van der Waals surface area contributed by atoms with Gasteiger partial charge in [0, 0.05) is 18.6 Å². The van der Waals surface area contributed by atoms with Crippen molar-refractivity contribution in [3.63, 3.8) is 0 Å². The second-order valence-electron chi connectivity index (χ2n) is 4.92. The summed E-state index contributed by atoms with van der Waals surface area (Å²) < 4.78 is 0. The zero-order valence-electron chi connectivity index (χ0n) is 10.2. The topological polar surface area (TPSA) is 15.3 Å². The number of likely N-dealkylation sites (tertiary alicyclic amines) is 1. The Kier molecular flexibility index (Phi) is 4.90. The number of unbranched alkanes of at least 4 members (excludes halogenated alkanes) is 1. The SMILES string of the molecule is CCCCNC1CC(C)N(C)CC1C. The minimum Gasteiger partial charge on any atom is -0.314 e. The molecule has 1 heterocycles. The standard InChI is InChI=1S/C12H26N2/c1-5-6-7-13-12-8-11(3)14(4)9-10(12)2/h10-13H,5-9H2,1-4H3. The van der Waals surface area contributed by atoms with Crippen LogP contribution < -0.4 is 5.32 Å². The lowest BCUT2D eigenvalue weighted by Gasteiger charge is -2.40. The first-order chi connectivity index (χ1) is 6.65. The minimum atomic E-state index is 0.741. The van der Waals surface area contributed by atoms with Crippen molar-refractivity contribution in [2.45, 2.75) is 52.1 Å². The number of hydrogen-bond donors (Lipinski definition) is 1. The highest BCUT2D eigenvalue weighted by molar-refractivity contribution is 4.85. The summed E-state index contributed by atoms with van der Waals surface area (Å²) in [5.41, 5.74) is 0. The zero-order valence-corrected chi connectivity index (χ0v) is 10.2. The summed E-state index contributed by atoms with van der Waals surface area (Å²) in [5.74, 6) is 0.799. The van der Waals surface area contributed by atoms with Crippen LogP contribution in [0.1, 0.15) is 40.0 Å². The highest BCUT2D eigenvalue weighted by Gasteiger charge is 2.27. The molecule has 0 radical (unpaired) electrons. The van der Waals surface area contributed by atoms with Gasteiger partial charge < -0.3 is 10.2 Å². The highest BCUT2D eigenvalue weighted by Crippen LogP contribution is 2.20. The smallest absolute Gasteiger partial charge is 0.0120 e. The Morgan fingerprint density at radius 2 is 2.07 bits per heavy atom. The lowest BCUT2D eigenvalue weighted by Crippen LogP contribution is -2.51. The molecule has 1 aliphatic rings. The maximum absolute atomic E-state index is 3.70. The van der Waals surface area contributed by atoms with Gasteiger partial charge in [-0.15, -0.1) is 0 Å². The van der Waals surface area contributed by atoms with Crippen molar-refractivity contribution >= 4 is 0 Å². The summed E-state index contributed by atoms with van der Waals surface area (Å²) in [6.45, 7) is 9.39. The predicted octanol–water partition coefficient (Wildman–Crippen LogP) is 2.10. The molecule has 3 unspecified atom stereocenters. The van der Waals surface area contributed by atoms with E-state index >= 15 is 0 Å². The maximum Gasteiger partial charge on any atom is 0.0120 e. The Morgan fingerprint density at radius 1 is 1.36 bits per heavy atom. The van der Waals surface area contributed by atoms with E-state index in [1.807, 2.05) is 0 Å². The largest absolute Gasteiger partial charge is 0.314 e. The fourth-order valence-electron chi connectivity index (χ4n) is 2.29. The number of rotatable bonds is 4. The van der Waals surface area contributed by atoms with Gasteiger partial charge in [-0.2, -0.15) is 0 Å². The fraction of sp³-hybridized carbons (Fsp3) is 1.00. The van der Waals surface area contributed by atoms with E-state index in [0.29, 0.717) is 0 Å². The molecular formula is C12H26N2. The van der Waals surface area contributed by atoms with Crippen molar-refractivity contribution < 1.29 is 0 Å². The summed E-state index contributed by atoms with van der Waals surface area (Å²) in [6, 6.07) is 1.48. The van der Waals surface area contributed by atoms with Gasteiger partial charge >= 0.3 is 0 Å². The van der Waals surface area contributed by atoms with Crippen molar-refractivity contribution in [1.29, 1.82) is 0 Å². The van der Waals surface area contributed by atoms with Crippen LogP contribution in [0.25, 0.3) is 0 Å². The van der Waals surface area contributed by atoms with Gasteiger partial charge in [-0.25, -0.2) is 0 Å². The average Bonchev–Trinajstić information content (AvgIpc) is 2.14. The monoisotopic (exact) mass is 198 g/mol. The van der Waals surface area contributed by atoms with E-state index < -0.39 is 0 Å². The van der Waals surface area contributed by atoms with Crippen molar-refractivity contribution in [2.24, 2.45) is 5.92 Å². The van der Waals surface area contributed by atoms with Gasteiger partial charge in [-0.3, -0.25) is 0 Å². The predicted molar refractivity (Wildman–Crippen MR) is 62.6 cm³/mol. The van der Waals surface area contributed by atoms with Gasteiger partial charge in [-0.05, 0) is 39.3 Å². The van der Waals surface area contributed by atoms with E-state index in [1.54, 1.807) is 0 Å². The highest BCUT2D eigenvalue weighted by atomic mass is 15.2. The molecule has 0 aromatic rings. The lowest BCUT2D eigenvalue weighted by atomic mass is 9.90. The van der Waals surface area contributed by atoms with Crippen molar-refractivity contribution in [3.8, 4) is 0 Å². The molecule has 14 heavy (non-hydrogen) atoms. The third kappa shape index (κ3) is 3.25. The minimum absolute atomic E-state index is 0.741. The molecule has 1 rings (SSSR count). The van der Waals surface area contributed by atoms with Gasteiger partial charge in [0.15, 0.2) is 0 Å². The molecule has 1 aliphatic heterocycles. The van der Waals surface area contributed by atoms with Crippen LogP contribution in [0.2, 0.25) is 0 Å². The number of piperidine rings is 1. The number of nitrogens with zero attached hydrogens (tertiary/aromatic N) is 1. The first-order valence-corrected chi connectivity index (χ1v) is 6.08. The molecule has 1 saturated heterocycles. The molecule has 2 nitrogen and oxygen atoms in total. The van der Waals surface area contributed by atoms with Crippen molar-refractivity contribution in [2.75, 3.05) is 20.1 Å². The summed E-state index contributed by atoms with van der Waals surface area (Å²) in [5, 5.41) is 3.70. The van der Waals surface area contributed by atoms with Gasteiger partial charge in [-0.1, -0.05) is 20.3 Å². The Morgan fingerprint density at radius 3 is 2.71 bits per heavy atom. The molecule has 0 saturated carbocycles. The molecule has 2 heteroatoms. The van der Waals surface area contributed by atoms with Crippen molar-refractivity contribution in [3.05, 3.63) is 0 Å². The summed E-state index contributed by atoms with van der Waals surface area (Å²) >= 11 is 0. The maximum atomic E-state index is 3.70. The van der Waals surface area contributed by atoms with Crippen molar-refractivity contribution in [1.82, 2.24) is 10.2 Å². The van der Waals surface area contributed by atoms with Crippen LogP contribution in [0.5, 0.6) is 0 Å².